The first-order valence-electron chi connectivity index (χ1n) is 7.65. The van der Waals surface area contributed by atoms with E-state index in [2.05, 4.69) is 22.3 Å². The van der Waals surface area contributed by atoms with Gasteiger partial charge in [0.05, 0.1) is 6.54 Å². The molecular weight excluding hydrogens is 336 g/mol. The molecule has 1 N–H and O–H groups in total. The minimum absolute atomic E-state index is 0.646. The van der Waals surface area contributed by atoms with Crippen molar-refractivity contribution in [3.8, 4) is 0 Å². The highest BCUT2D eigenvalue weighted by Gasteiger charge is 2.13. The second-order valence-corrected chi connectivity index (χ2v) is 6.17. The van der Waals surface area contributed by atoms with Crippen molar-refractivity contribution in [2.45, 2.75) is 6.54 Å². The van der Waals surface area contributed by atoms with Gasteiger partial charge in [-0.05, 0) is 54.2 Å². The average molecular weight is 353 g/mol. The summed E-state index contributed by atoms with van der Waals surface area (Å²) in [6.45, 7) is 0.682. The van der Waals surface area contributed by atoms with Crippen LogP contribution in [-0.2, 0) is 6.54 Å². The predicted octanol–water partition coefficient (Wildman–Crippen LogP) is 5.74. The Labute approximate surface area is 152 Å². The van der Waals surface area contributed by atoms with E-state index in [1.165, 1.54) is 5.56 Å². The third kappa shape index (κ3) is 4.34. The first kappa shape index (κ1) is 16.5. The minimum Gasteiger partial charge on any atom is -0.332 e. The van der Waals surface area contributed by atoms with Crippen molar-refractivity contribution in [3.05, 3.63) is 95.5 Å². The molecule has 0 aromatic heterocycles. The molecule has 0 heterocycles. The van der Waals surface area contributed by atoms with E-state index in [1.54, 1.807) is 0 Å². The Balaban J connectivity index is 1.86. The topological polar surface area (TPSA) is 15.3 Å². The molecule has 0 aliphatic carbocycles. The fourth-order valence-electron chi connectivity index (χ4n) is 2.38. The van der Waals surface area contributed by atoms with Crippen molar-refractivity contribution < 1.29 is 0 Å². The predicted molar refractivity (Wildman–Crippen MR) is 107 cm³/mol. The molecule has 0 aliphatic heterocycles. The van der Waals surface area contributed by atoms with E-state index >= 15 is 0 Å². The lowest BCUT2D eigenvalue weighted by Crippen LogP contribution is -2.34. The van der Waals surface area contributed by atoms with Crippen LogP contribution in [0.15, 0.2) is 84.9 Å². The van der Waals surface area contributed by atoms with Crippen LogP contribution >= 0.6 is 23.8 Å². The van der Waals surface area contributed by atoms with Gasteiger partial charge in [-0.15, -0.1) is 0 Å². The molecule has 0 spiro atoms. The summed E-state index contributed by atoms with van der Waals surface area (Å²) in [6.07, 6.45) is 0. The first-order valence-corrected chi connectivity index (χ1v) is 8.44. The van der Waals surface area contributed by atoms with Gasteiger partial charge in [0.15, 0.2) is 5.11 Å². The van der Waals surface area contributed by atoms with Gasteiger partial charge in [-0.1, -0.05) is 60.1 Å². The molecule has 120 valence electrons. The van der Waals surface area contributed by atoms with Gasteiger partial charge in [0.1, 0.15) is 0 Å². The Bertz CT molecular complexity index is 789. The Kier molecular flexibility index (Phi) is 5.47. The molecule has 3 aromatic rings. The molecule has 3 aromatic carbocycles. The summed E-state index contributed by atoms with van der Waals surface area (Å²) in [7, 11) is 0. The summed E-state index contributed by atoms with van der Waals surface area (Å²) in [5.74, 6) is 0. The minimum atomic E-state index is 0.646. The largest absolute Gasteiger partial charge is 0.332 e. The smallest absolute Gasteiger partial charge is 0.178 e. The highest BCUT2D eigenvalue weighted by Crippen LogP contribution is 2.21. The number of halogens is 1. The SMILES string of the molecule is S=C(Nc1ccccc1)N(Cc1ccccc1)c1ccc(Cl)cc1. The molecule has 2 nitrogen and oxygen atoms in total. The van der Waals surface area contributed by atoms with Crippen molar-refractivity contribution in [3.63, 3.8) is 0 Å². The molecule has 0 saturated heterocycles. The summed E-state index contributed by atoms with van der Waals surface area (Å²) in [5, 5.41) is 4.65. The maximum atomic E-state index is 6.02. The molecule has 0 unspecified atom stereocenters. The maximum Gasteiger partial charge on any atom is 0.178 e. The summed E-state index contributed by atoms with van der Waals surface area (Å²) < 4.78 is 0. The van der Waals surface area contributed by atoms with Gasteiger partial charge in [0, 0.05) is 16.4 Å². The third-order valence-electron chi connectivity index (χ3n) is 3.59. The number of thiocarbonyl (C=S) groups is 1. The lowest BCUT2D eigenvalue weighted by molar-refractivity contribution is 1.01. The van der Waals surface area contributed by atoms with E-state index in [0.717, 1.165) is 11.4 Å². The second-order valence-electron chi connectivity index (χ2n) is 5.34. The van der Waals surface area contributed by atoms with Crippen LogP contribution in [0, 0.1) is 0 Å². The number of hydrogen-bond donors (Lipinski definition) is 1. The van der Waals surface area contributed by atoms with Gasteiger partial charge in [-0.25, -0.2) is 0 Å². The summed E-state index contributed by atoms with van der Waals surface area (Å²) in [4.78, 5) is 2.06. The van der Waals surface area contributed by atoms with Crippen LogP contribution < -0.4 is 10.2 Å². The van der Waals surface area contributed by atoms with Crippen LogP contribution in [-0.4, -0.2) is 5.11 Å². The standard InChI is InChI=1S/C20H17ClN2S/c21-17-11-13-19(14-12-17)23(15-16-7-3-1-4-8-16)20(24)22-18-9-5-2-6-10-18/h1-14H,15H2,(H,22,24). The number of anilines is 2. The summed E-state index contributed by atoms with van der Waals surface area (Å²) in [6, 6.07) is 27.9. The molecule has 0 radical (unpaired) electrons. The van der Waals surface area contributed by atoms with Gasteiger partial charge in [-0.2, -0.15) is 0 Å². The zero-order chi connectivity index (χ0) is 16.8. The number of benzene rings is 3. The average Bonchev–Trinajstić information content (AvgIpc) is 2.62. The van der Waals surface area contributed by atoms with E-state index in [-0.39, 0.29) is 0 Å². The fourth-order valence-corrected chi connectivity index (χ4v) is 2.79. The highest BCUT2D eigenvalue weighted by molar-refractivity contribution is 7.80. The highest BCUT2D eigenvalue weighted by atomic mass is 35.5. The van der Waals surface area contributed by atoms with Crippen LogP contribution in [0.5, 0.6) is 0 Å². The Hall–Kier alpha value is -2.36. The third-order valence-corrected chi connectivity index (χ3v) is 4.17. The number of para-hydroxylation sites is 1. The second kappa shape index (κ2) is 7.95. The quantitative estimate of drug-likeness (QED) is 0.602. The number of nitrogens with zero attached hydrogens (tertiary/aromatic N) is 1. The van der Waals surface area contributed by atoms with E-state index in [1.807, 2.05) is 72.8 Å². The number of rotatable bonds is 4. The van der Waals surface area contributed by atoms with Crippen molar-refractivity contribution in [2.75, 3.05) is 10.2 Å². The van der Waals surface area contributed by atoms with E-state index < -0.39 is 0 Å². The van der Waals surface area contributed by atoms with Crippen molar-refractivity contribution in [1.29, 1.82) is 0 Å². The Morgan fingerprint density at radius 1 is 0.833 bits per heavy atom. The van der Waals surface area contributed by atoms with E-state index in [4.69, 9.17) is 23.8 Å². The molecule has 3 rings (SSSR count). The van der Waals surface area contributed by atoms with Crippen LogP contribution in [0.1, 0.15) is 5.56 Å². The van der Waals surface area contributed by atoms with Gasteiger partial charge < -0.3 is 10.2 Å². The van der Waals surface area contributed by atoms with Crippen LogP contribution in [0.3, 0.4) is 0 Å². The molecule has 4 heteroatoms. The zero-order valence-electron chi connectivity index (χ0n) is 13.0. The van der Waals surface area contributed by atoms with Crippen molar-refractivity contribution in [1.82, 2.24) is 0 Å². The lowest BCUT2D eigenvalue weighted by Gasteiger charge is -2.26. The molecule has 0 bridgehead atoms. The number of nitrogens with one attached hydrogen (secondary N) is 1. The van der Waals surface area contributed by atoms with Crippen molar-refractivity contribution in [2.24, 2.45) is 0 Å². The molecule has 0 aliphatic rings. The first-order chi connectivity index (χ1) is 11.7. The van der Waals surface area contributed by atoms with Gasteiger partial charge in [0.2, 0.25) is 0 Å². The monoisotopic (exact) mass is 352 g/mol. The molecule has 0 fully saturated rings. The van der Waals surface area contributed by atoms with Gasteiger partial charge >= 0.3 is 0 Å². The molecule has 0 atom stereocenters. The Morgan fingerprint density at radius 3 is 2.04 bits per heavy atom. The number of hydrogen-bond acceptors (Lipinski definition) is 1. The van der Waals surface area contributed by atoms with Crippen LogP contribution in [0.25, 0.3) is 0 Å². The molecule has 0 saturated carbocycles. The maximum absolute atomic E-state index is 6.02. The summed E-state index contributed by atoms with van der Waals surface area (Å²) >= 11 is 11.7. The normalized spacial score (nSPS) is 10.2. The molecular formula is C20H17ClN2S. The fraction of sp³-hybridized carbons (Fsp3) is 0.0500. The van der Waals surface area contributed by atoms with Gasteiger partial charge in [-0.3, -0.25) is 0 Å². The van der Waals surface area contributed by atoms with Crippen LogP contribution in [0.4, 0.5) is 11.4 Å². The lowest BCUT2D eigenvalue weighted by atomic mass is 10.2. The molecule has 24 heavy (non-hydrogen) atoms. The zero-order valence-corrected chi connectivity index (χ0v) is 14.6. The van der Waals surface area contributed by atoms with Crippen LogP contribution in [0.2, 0.25) is 5.02 Å². The van der Waals surface area contributed by atoms with Gasteiger partial charge in [0.25, 0.3) is 0 Å². The Morgan fingerprint density at radius 2 is 1.42 bits per heavy atom. The van der Waals surface area contributed by atoms with E-state index in [0.29, 0.717) is 16.7 Å². The summed E-state index contributed by atoms with van der Waals surface area (Å²) in [5.41, 5.74) is 3.15. The van der Waals surface area contributed by atoms with E-state index in [9.17, 15) is 0 Å². The molecule has 0 amide bonds. The van der Waals surface area contributed by atoms with Crippen molar-refractivity contribution >= 4 is 40.3 Å².